The summed E-state index contributed by atoms with van der Waals surface area (Å²) >= 11 is 0. The Kier molecular flexibility index (Phi) is 6.77. The number of benzene rings is 2. The Balaban J connectivity index is 1.39. The number of H-pyrrole nitrogens is 1. The fourth-order valence-electron chi connectivity index (χ4n) is 3.90. The summed E-state index contributed by atoms with van der Waals surface area (Å²) in [5, 5.41) is 4.12. The lowest BCUT2D eigenvalue weighted by molar-refractivity contribution is 0.0947. The number of nitrogens with one attached hydrogen (secondary N) is 2. The van der Waals surface area contributed by atoms with Gasteiger partial charge in [0.05, 0.1) is 6.61 Å². The molecule has 0 spiro atoms. The van der Waals surface area contributed by atoms with E-state index in [4.69, 9.17) is 4.74 Å². The van der Waals surface area contributed by atoms with Gasteiger partial charge in [0.15, 0.2) is 0 Å². The fourth-order valence-corrected chi connectivity index (χ4v) is 3.90. The van der Waals surface area contributed by atoms with Gasteiger partial charge in [-0.2, -0.15) is 0 Å². The van der Waals surface area contributed by atoms with Gasteiger partial charge >= 0.3 is 0 Å². The summed E-state index contributed by atoms with van der Waals surface area (Å²) in [7, 11) is 2.16. The summed E-state index contributed by atoms with van der Waals surface area (Å²) in [6.45, 7) is 7.47. The van der Waals surface area contributed by atoms with Crippen LogP contribution in [-0.4, -0.2) is 55.6 Å². The van der Waals surface area contributed by atoms with Crippen LogP contribution in [0.4, 0.5) is 5.69 Å². The van der Waals surface area contributed by atoms with E-state index in [9.17, 15) is 4.79 Å². The molecule has 6 heteroatoms. The Morgan fingerprint density at radius 2 is 1.87 bits per heavy atom. The Hall–Kier alpha value is -2.99. The van der Waals surface area contributed by atoms with Crippen molar-refractivity contribution in [2.24, 2.45) is 0 Å². The first-order valence-electron chi connectivity index (χ1n) is 11.2. The van der Waals surface area contributed by atoms with Crippen LogP contribution in [0.25, 0.3) is 10.9 Å². The minimum atomic E-state index is -0.0937. The third kappa shape index (κ3) is 5.20. The number of hydrogen-bond acceptors (Lipinski definition) is 4. The van der Waals surface area contributed by atoms with Gasteiger partial charge in [-0.15, -0.1) is 0 Å². The molecule has 3 aromatic rings. The Labute approximate surface area is 184 Å². The minimum absolute atomic E-state index is 0.0937. The molecule has 4 rings (SSSR count). The SMILES string of the molecule is CCCCOc1ccc(CNC(=O)c2cc3c(N4CCN(C)CC4)cccc3[nH]2)cc1. The summed E-state index contributed by atoms with van der Waals surface area (Å²) in [5.41, 5.74) is 3.83. The summed E-state index contributed by atoms with van der Waals surface area (Å²) in [4.78, 5) is 20.8. The van der Waals surface area contributed by atoms with Gasteiger partial charge in [0.25, 0.3) is 5.91 Å². The maximum absolute atomic E-state index is 12.8. The molecule has 1 aliphatic rings. The second kappa shape index (κ2) is 9.88. The van der Waals surface area contributed by atoms with Crippen molar-refractivity contribution in [2.45, 2.75) is 26.3 Å². The van der Waals surface area contributed by atoms with Gasteiger partial charge < -0.3 is 24.8 Å². The maximum Gasteiger partial charge on any atom is 0.267 e. The molecule has 6 nitrogen and oxygen atoms in total. The smallest absolute Gasteiger partial charge is 0.267 e. The predicted molar refractivity (Wildman–Crippen MR) is 126 cm³/mol. The molecule has 2 aromatic carbocycles. The summed E-state index contributed by atoms with van der Waals surface area (Å²) in [6, 6.07) is 16.1. The molecule has 1 fully saturated rings. The van der Waals surface area contributed by atoms with E-state index in [0.717, 1.165) is 67.8 Å². The van der Waals surface area contributed by atoms with Crippen LogP contribution in [0.1, 0.15) is 35.8 Å². The second-order valence-electron chi connectivity index (χ2n) is 8.24. The van der Waals surface area contributed by atoms with Crippen LogP contribution in [-0.2, 0) is 6.54 Å². The van der Waals surface area contributed by atoms with E-state index in [1.165, 1.54) is 5.69 Å². The highest BCUT2D eigenvalue weighted by molar-refractivity contribution is 6.02. The quantitative estimate of drug-likeness (QED) is 0.540. The first-order chi connectivity index (χ1) is 15.1. The van der Waals surface area contributed by atoms with Crippen LogP contribution >= 0.6 is 0 Å². The highest BCUT2D eigenvalue weighted by atomic mass is 16.5. The number of rotatable bonds is 8. The van der Waals surface area contributed by atoms with E-state index in [0.29, 0.717) is 12.2 Å². The molecule has 1 aliphatic heterocycles. The molecule has 0 aliphatic carbocycles. The lowest BCUT2D eigenvalue weighted by Crippen LogP contribution is -2.44. The minimum Gasteiger partial charge on any atom is -0.494 e. The first-order valence-corrected chi connectivity index (χ1v) is 11.2. The molecular weight excluding hydrogens is 388 g/mol. The van der Waals surface area contributed by atoms with Crippen molar-refractivity contribution in [1.82, 2.24) is 15.2 Å². The fraction of sp³-hybridized carbons (Fsp3) is 0.400. The van der Waals surface area contributed by atoms with Crippen LogP contribution in [0.3, 0.4) is 0 Å². The number of carbonyl (C=O) groups is 1. The Bertz CT molecular complexity index is 1000. The zero-order valence-corrected chi connectivity index (χ0v) is 18.5. The van der Waals surface area contributed by atoms with Gasteiger partial charge in [0.1, 0.15) is 11.4 Å². The van der Waals surface area contributed by atoms with Crippen molar-refractivity contribution in [3.8, 4) is 5.75 Å². The average molecular weight is 421 g/mol. The summed E-state index contributed by atoms with van der Waals surface area (Å²) < 4.78 is 5.70. The van der Waals surface area contributed by atoms with E-state index in [-0.39, 0.29) is 5.91 Å². The molecule has 0 saturated carbocycles. The lowest BCUT2D eigenvalue weighted by atomic mass is 10.1. The summed E-state index contributed by atoms with van der Waals surface area (Å²) in [6.07, 6.45) is 2.17. The molecule has 0 unspecified atom stereocenters. The number of nitrogens with zero attached hydrogens (tertiary/aromatic N) is 2. The number of hydrogen-bond donors (Lipinski definition) is 2. The number of amides is 1. The number of aromatic nitrogens is 1. The molecule has 0 radical (unpaired) electrons. The van der Waals surface area contributed by atoms with Crippen LogP contribution < -0.4 is 15.0 Å². The topological polar surface area (TPSA) is 60.6 Å². The molecule has 1 aromatic heterocycles. The van der Waals surface area contributed by atoms with E-state index in [2.05, 4.69) is 46.2 Å². The number of aromatic amines is 1. The normalized spacial score (nSPS) is 14.7. The van der Waals surface area contributed by atoms with Gasteiger partial charge in [0.2, 0.25) is 0 Å². The van der Waals surface area contributed by atoms with Crippen LogP contribution in [0, 0.1) is 0 Å². The molecule has 1 saturated heterocycles. The van der Waals surface area contributed by atoms with Gasteiger partial charge in [-0.3, -0.25) is 4.79 Å². The number of anilines is 1. The molecule has 2 N–H and O–H groups in total. The lowest BCUT2D eigenvalue weighted by Gasteiger charge is -2.34. The Morgan fingerprint density at radius 1 is 1.10 bits per heavy atom. The van der Waals surface area contributed by atoms with Crippen molar-refractivity contribution in [3.05, 3.63) is 59.8 Å². The van der Waals surface area contributed by atoms with Crippen molar-refractivity contribution in [2.75, 3.05) is 44.7 Å². The zero-order valence-electron chi connectivity index (χ0n) is 18.5. The van der Waals surface area contributed by atoms with Crippen LogP contribution in [0.5, 0.6) is 5.75 Å². The Morgan fingerprint density at radius 3 is 2.61 bits per heavy atom. The van der Waals surface area contributed by atoms with Gasteiger partial charge in [-0.25, -0.2) is 0 Å². The third-order valence-electron chi connectivity index (χ3n) is 5.87. The van der Waals surface area contributed by atoms with E-state index in [1.54, 1.807) is 0 Å². The first kappa shape index (κ1) is 21.2. The molecule has 0 bridgehead atoms. The van der Waals surface area contributed by atoms with Crippen LogP contribution in [0.15, 0.2) is 48.5 Å². The molecule has 164 valence electrons. The van der Waals surface area contributed by atoms with Crippen molar-refractivity contribution in [1.29, 1.82) is 0 Å². The number of ether oxygens (including phenoxy) is 1. The predicted octanol–water partition coefficient (Wildman–Crippen LogP) is 4.03. The number of unbranched alkanes of at least 4 members (excludes halogenated alkanes) is 1. The molecule has 1 amide bonds. The second-order valence-corrected chi connectivity index (χ2v) is 8.24. The molecule has 31 heavy (non-hydrogen) atoms. The number of piperazine rings is 1. The maximum atomic E-state index is 12.8. The molecule has 0 atom stereocenters. The van der Waals surface area contributed by atoms with Gasteiger partial charge in [-0.1, -0.05) is 31.5 Å². The highest BCUT2D eigenvalue weighted by Crippen LogP contribution is 2.28. The number of fused-ring (bicyclic) bond motifs is 1. The monoisotopic (exact) mass is 420 g/mol. The highest BCUT2D eigenvalue weighted by Gasteiger charge is 2.18. The summed E-state index contributed by atoms with van der Waals surface area (Å²) in [5.74, 6) is 0.777. The number of likely N-dealkylation sites (N-methyl/N-ethyl adjacent to an activating group) is 1. The van der Waals surface area contributed by atoms with Crippen LogP contribution in [0.2, 0.25) is 0 Å². The van der Waals surface area contributed by atoms with E-state index >= 15 is 0 Å². The zero-order chi connectivity index (χ0) is 21.6. The molecular formula is C25H32N4O2. The molecule has 2 heterocycles. The van der Waals surface area contributed by atoms with Crippen molar-refractivity contribution >= 4 is 22.5 Å². The standard InChI is InChI=1S/C25H32N4O2/c1-3-4-16-31-20-10-8-19(9-11-20)18-26-25(30)23-17-21-22(27-23)6-5-7-24(21)29-14-12-28(2)13-15-29/h5-11,17,27H,3-4,12-16,18H2,1-2H3,(H,26,30). The van der Waals surface area contributed by atoms with Crippen molar-refractivity contribution < 1.29 is 9.53 Å². The van der Waals surface area contributed by atoms with E-state index < -0.39 is 0 Å². The van der Waals surface area contributed by atoms with Gasteiger partial charge in [-0.05, 0) is 49.4 Å². The largest absolute Gasteiger partial charge is 0.494 e. The average Bonchev–Trinajstić information content (AvgIpc) is 3.24. The third-order valence-corrected chi connectivity index (χ3v) is 5.87. The van der Waals surface area contributed by atoms with Gasteiger partial charge in [0, 0.05) is 49.3 Å². The number of carbonyl (C=O) groups excluding carboxylic acids is 1. The van der Waals surface area contributed by atoms with Crippen molar-refractivity contribution in [3.63, 3.8) is 0 Å². The van der Waals surface area contributed by atoms with E-state index in [1.807, 2.05) is 36.4 Å².